The lowest BCUT2D eigenvalue weighted by molar-refractivity contribution is -0.136. The largest absolute Gasteiger partial charge is 0.487 e. The molecule has 0 bridgehead atoms. The van der Waals surface area contributed by atoms with Crippen LogP contribution in [0.15, 0.2) is 48.5 Å². The topological polar surface area (TPSA) is 49.9 Å². The minimum Gasteiger partial charge on any atom is -0.487 e. The minimum atomic E-state index is -0.107. The molecule has 0 N–H and O–H groups in total. The van der Waals surface area contributed by atoms with Crippen LogP contribution in [0, 0.1) is 0 Å². The Morgan fingerprint density at radius 1 is 0.946 bits per heavy atom. The predicted octanol–water partition coefficient (Wildman–Crippen LogP) is 6.92. The Hall–Kier alpha value is -2.53. The summed E-state index contributed by atoms with van der Waals surface area (Å²) < 4.78 is 6.64. The average Bonchev–Trinajstić information content (AvgIpc) is 2.91. The fraction of sp³-hybridized carbons (Fsp3) is 0.548. The summed E-state index contributed by atoms with van der Waals surface area (Å²) in [4.78, 5) is 31.3. The lowest BCUT2D eigenvalue weighted by atomic mass is 9.90. The predicted molar refractivity (Wildman–Crippen MR) is 149 cm³/mol. The molecule has 2 aromatic rings. The summed E-state index contributed by atoms with van der Waals surface area (Å²) in [5.74, 6) is 0.898. The highest BCUT2D eigenvalue weighted by Crippen LogP contribution is 2.31. The third-order valence-corrected chi connectivity index (χ3v) is 7.93. The van der Waals surface area contributed by atoms with E-state index >= 15 is 0 Å². The van der Waals surface area contributed by atoms with Gasteiger partial charge in [-0.25, -0.2) is 0 Å². The van der Waals surface area contributed by atoms with E-state index in [1.807, 2.05) is 53.4 Å². The van der Waals surface area contributed by atoms with Gasteiger partial charge in [0.05, 0.1) is 11.6 Å². The molecule has 5 nitrogen and oxygen atoms in total. The van der Waals surface area contributed by atoms with Crippen molar-refractivity contribution in [2.24, 2.45) is 0 Å². The lowest BCUT2D eigenvalue weighted by Crippen LogP contribution is -2.51. The molecule has 4 rings (SSSR count). The monoisotopic (exact) mass is 524 g/mol. The molecule has 0 saturated heterocycles. The van der Waals surface area contributed by atoms with Crippen LogP contribution < -0.4 is 4.74 Å². The van der Waals surface area contributed by atoms with Gasteiger partial charge in [-0.1, -0.05) is 62.1 Å². The Balaban J connectivity index is 1.57. The highest BCUT2D eigenvalue weighted by Gasteiger charge is 2.35. The zero-order valence-electron chi connectivity index (χ0n) is 22.2. The van der Waals surface area contributed by atoms with E-state index in [0.29, 0.717) is 29.2 Å². The summed E-state index contributed by atoms with van der Waals surface area (Å²) in [6.45, 7) is 4.40. The van der Waals surface area contributed by atoms with Gasteiger partial charge in [0.2, 0.25) is 5.91 Å². The molecule has 6 heteroatoms. The number of ether oxygens (including phenoxy) is 1. The van der Waals surface area contributed by atoms with E-state index in [4.69, 9.17) is 16.3 Å². The van der Waals surface area contributed by atoms with Crippen LogP contribution in [0.5, 0.6) is 5.75 Å². The molecule has 2 aromatic carbocycles. The van der Waals surface area contributed by atoms with Crippen LogP contribution in [0.3, 0.4) is 0 Å². The first-order valence-corrected chi connectivity index (χ1v) is 14.5. The number of hydrogen-bond donors (Lipinski definition) is 0. The second-order valence-corrected chi connectivity index (χ2v) is 10.9. The summed E-state index contributed by atoms with van der Waals surface area (Å²) in [5.41, 5.74) is 1.76. The van der Waals surface area contributed by atoms with Crippen molar-refractivity contribution >= 4 is 23.4 Å². The molecule has 37 heavy (non-hydrogen) atoms. The van der Waals surface area contributed by atoms with Crippen LogP contribution in [-0.2, 0) is 11.2 Å². The number of rotatable bonds is 5. The highest BCUT2D eigenvalue weighted by molar-refractivity contribution is 6.30. The van der Waals surface area contributed by atoms with Crippen LogP contribution >= 0.6 is 11.6 Å². The van der Waals surface area contributed by atoms with E-state index in [0.717, 1.165) is 83.0 Å². The first-order chi connectivity index (χ1) is 18.1. The smallest absolute Gasteiger partial charge is 0.257 e. The summed E-state index contributed by atoms with van der Waals surface area (Å²) in [6, 6.07) is 15.5. The van der Waals surface area contributed by atoms with Crippen molar-refractivity contribution in [3.05, 3.63) is 64.7 Å². The van der Waals surface area contributed by atoms with Crippen molar-refractivity contribution in [3.63, 3.8) is 0 Å². The van der Waals surface area contributed by atoms with E-state index in [2.05, 4.69) is 11.8 Å². The fourth-order valence-corrected chi connectivity index (χ4v) is 5.82. The molecule has 1 aliphatic heterocycles. The Labute approximate surface area is 227 Å². The Morgan fingerprint density at radius 3 is 2.46 bits per heavy atom. The number of halogens is 1. The summed E-state index contributed by atoms with van der Waals surface area (Å²) >= 11 is 6.04. The maximum atomic E-state index is 13.6. The summed E-state index contributed by atoms with van der Waals surface area (Å²) in [5, 5.41) is 0.712. The van der Waals surface area contributed by atoms with Gasteiger partial charge in [-0.15, -0.1) is 0 Å². The van der Waals surface area contributed by atoms with Gasteiger partial charge in [0.25, 0.3) is 5.91 Å². The van der Waals surface area contributed by atoms with Crippen molar-refractivity contribution < 1.29 is 14.3 Å². The minimum absolute atomic E-state index is 0.0318. The number of carbonyl (C=O) groups excluding carboxylic acids is 2. The van der Waals surface area contributed by atoms with Gasteiger partial charge in [0.15, 0.2) is 0 Å². The first kappa shape index (κ1) is 27.5. The van der Waals surface area contributed by atoms with Crippen LogP contribution in [0.25, 0.3) is 0 Å². The molecule has 1 aliphatic carbocycles. The van der Waals surface area contributed by atoms with Crippen LogP contribution in [-0.4, -0.2) is 53.4 Å². The molecule has 2 amide bonds. The van der Waals surface area contributed by atoms with E-state index < -0.39 is 0 Å². The summed E-state index contributed by atoms with van der Waals surface area (Å²) in [6.07, 6.45) is 10.1. The van der Waals surface area contributed by atoms with Gasteiger partial charge >= 0.3 is 0 Å². The Morgan fingerprint density at radius 2 is 1.68 bits per heavy atom. The second-order valence-electron chi connectivity index (χ2n) is 10.4. The second kappa shape index (κ2) is 13.9. The number of carbonyl (C=O) groups is 2. The average molecular weight is 525 g/mol. The maximum absolute atomic E-state index is 13.6. The van der Waals surface area contributed by atoms with E-state index in [1.54, 1.807) is 0 Å². The van der Waals surface area contributed by atoms with Crippen molar-refractivity contribution in [3.8, 4) is 5.75 Å². The molecule has 1 heterocycles. The van der Waals surface area contributed by atoms with Crippen molar-refractivity contribution in [1.29, 1.82) is 0 Å². The molecule has 0 spiro atoms. The molecular weight excluding hydrogens is 484 g/mol. The number of fused-ring (bicyclic) bond motifs is 2. The third-order valence-electron chi connectivity index (χ3n) is 7.68. The van der Waals surface area contributed by atoms with E-state index in [-0.39, 0.29) is 24.0 Å². The van der Waals surface area contributed by atoms with Gasteiger partial charge in [-0.3, -0.25) is 9.59 Å². The molecule has 0 unspecified atom stereocenters. The molecule has 200 valence electrons. The normalized spacial score (nSPS) is 21.4. The first-order valence-electron chi connectivity index (χ1n) is 14.2. The van der Waals surface area contributed by atoms with Crippen LogP contribution in [0.4, 0.5) is 0 Å². The number of benzene rings is 2. The van der Waals surface area contributed by atoms with E-state index in [9.17, 15) is 9.59 Å². The van der Waals surface area contributed by atoms with Crippen LogP contribution in [0.2, 0.25) is 5.02 Å². The molecular formula is C31H41ClN2O3. The molecule has 1 fully saturated rings. The Bertz CT molecular complexity index is 1030. The SMILES string of the molecule is CCCN1CCCCCCN(C(=O)CCc2ccc(Cl)cc2)[C@@H]2CCCC[C@@H]2Oc2ccccc2C1=O. The Kier molecular flexibility index (Phi) is 10.3. The molecule has 1 saturated carbocycles. The van der Waals surface area contributed by atoms with Crippen LogP contribution in [0.1, 0.15) is 87.1 Å². The number of para-hydroxylation sites is 1. The zero-order valence-corrected chi connectivity index (χ0v) is 22.9. The van der Waals surface area contributed by atoms with Crippen molar-refractivity contribution in [2.45, 2.75) is 89.7 Å². The standard InChI is InChI=1S/C31H41ClN2O3/c1-2-21-33-22-9-3-4-10-23-34(30(35)20-17-24-15-18-25(32)19-16-24)27-12-6-8-14-29(27)37-28-13-7-5-11-26(28)31(33)36/h5,7,11,13,15-16,18-19,27,29H,2-4,6,8-10,12,14,17,20-23H2,1H3/t27-,29+/m1/s1. The quantitative estimate of drug-likeness (QED) is 0.426. The van der Waals surface area contributed by atoms with Gasteiger partial charge in [0, 0.05) is 31.1 Å². The number of hydrogen-bond acceptors (Lipinski definition) is 3. The zero-order chi connectivity index (χ0) is 26.0. The van der Waals surface area contributed by atoms with Gasteiger partial charge < -0.3 is 14.5 Å². The number of amides is 2. The third kappa shape index (κ3) is 7.50. The highest BCUT2D eigenvalue weighted by atomic mass is 35.5. The molecule has 0 aromatic heterocycles. The fourth-order valence-electron chi connectivity index (χ4n) is 5.70. The van der Waals surface area contributed by atoms with Crippen molar-refractivity contribution in [2.75, 3.05) is 19.6 Å². The van der Waals surface area contributed by atoms with Gasteiger partial charge in [0.1, 0.15) is 11.9 Å². The van der Waals surface area contributed by atoms with Gasteiger partial charge in [-0.05, 0) is 74.8 Å². The number of aryl methyl sites for hydroxylation is 1. The van der Waals surface area contributed by atoms with Crippen molar-refractivity contribution in [1.82, 2.24) is 9.80 Å². The maximum Gasteiger partial charge on any atom is 0.257 e. The summed E-state index contributed by atoms with van der Waals surface area (Å²) in [7, 11) is 0. The molecule has 0 radical (unpaired) electrons. The molecule has 2 atom stereocenters. The molecule has 2 aliphatic rings. The lowest BCUT2D eigenvalue weighted by Gasteiger charge is -2.40. The van der Waals surface area contributed by atoms with Gasteiger partial charge in [-0.2, -0.15) is 0 Å². The van der Waals surface area contributed by atoms with E-state index in [1.165, 1.54) is 0 Å². The number of nitrogens with zero attached hydrogens (tertiary/aromatic N) is 2.